The van der Waals surface area contributed by atoms with Crippen LogP contribution in [-0.4, -0.2) is 27.2 Å². The molecule has 20 heavy (non-hydrogen) atoms. The summed E-state index contributed by atoms with van der Waals surface area (Å²) in [6, 6.07) is 5.39. The number of carbonyl (C=O) groups excluding carboxylic acids is 1. The van der Waals surface area contributed by atoms with Crippen LogP contribution >= 0.6 is 0 Å². The molecule has 2 heterocycles. The van der Waals surface area contributed by atoms with Crippen LogP contribution in [0.15, 0.2) is 22.6 Å². The Morgan fingerprint density at radius 2 is 2.25 bits per heavy atom. The molecule has 0 unspecified atom stereocenters. The van der Waals surface area contributed by atoms with Gasteiger partial charge in [-0.2, -0.15) is 0 Å². The Morgan fingerprint density at radius 1 is 1.40 bits per heavy atom. The lowest BCUT2D eigenvalue weighted by atomic mass is 10.1. The SMILES string of the molecule is O=C(O)CCc1nnc(-c2ccc3c(c2)CC(=O)N3)o1. The van der Waals surface area contributed by atoms with Crippen molar-refractivity contribution < 1.29 is 19.1 Å². The van der Waals surface area contributed by atoms with Crippen molar-refractivity contribution in [2.75, 3.05) is 5.32 Å². The van der Waals surface area contributed by atoms with E-state index in [0.29, 0.717) is 17.9 Å². The molecule has 0 fully saturated rings. The number of rotatable bonds is 4. The minimum Gasteiger partial charge on any atom is -0.481 e. The molecule has 7 nitrogen and oxygen atoms in total. The molecule has 1 aromatic heterocycles. The normalized spacial score (nSPS) is 13.1. The molecule has 0 spiro atoms. The molecule has 0 saturated carbocycles. The molecule has 0 atom stereocenters. The Labute approximate surface area is 113 Å². The highest BCUT2D eigenvalue weighted by Gasteiger charge is 2.19. The number of aliphatic carboxylic acids is 1. The molecule has 7 heteroatoms. The van der Waals surface area contributed by atoms with E-state index >= 15 is 0 Å². The first-order valence-corrected chi connectivity index (χ1v) is 6.09. The number of nitrogens with one attached hydrogen (secondary N) is 1. The van der Waals surface area contributed by atoms with Crippen molar-refractivity contribution in [1.29, 1.82) is 0 Å². The van der Waals surface area contributed by atoms with Crippen molar-refractivity contribution >= 4 is 17.6 Å². The molecular weight excluding hydrogens is 262 g/mol. The van der Waals surface area contributed by atoms with Crippen LogP contribution in [0.2, 0.25) is 0 Å². The third-order valence-electron chi connectivity index (χ3n) is 3.00. The number of aromatic nitrogens is 2. The molecule has 2 N–H and O–H groups in total. The van der Waals surface area contributed by atoms with Gasteiger partial charge in [0.2, 0.25) is 17.7 Å². The molecular formula is C13H11N3O4. The third-order valence-corrected chi connectivity index (χ3v) is 3.00. The highest BCUT2D eigenvalue weighted by Crippen LogP contribution is 2.28. The van der Waals surface area contributed by atoms with E-state index in [-0.39, 0.29) is 24.6 Å². The van der Waals surface area contributed by atoms with Gasteiger partial charge >= 0.3 is 5.97 Å². The summed E-state index contributed by atoms with van der Waals surface area (Å²) in [5.41, 5.74) is 2.40. The summed E-state index contributed by atoms with van der Waals surface area (Å²) in [5, 5.41) is 19.0. The van der Waals surface area contributed by atoms with Gasteiger partial charge in [-0.15, -0.1) is 10.2 Å². The van der Waals surface area contributed by atoms with Crippen molar-refractivity contribution in [2.24, 2.45) is 0 Å². The number of nitrogens with zero attached hydrogens (tertiary/aromatic N) is 2. The van der Waals surface area contributed by atoms with Crippen LogP contribution in [-0.2, 0) is 22.4 Å². The summed E-state index contributed by atoms with van der Waals surface area (Å²) in [6.45, 7) is 0. The van der Waals surface area contributed by atoms with Crippen molar-refractivity contribution in [2.45, 2.75) is 19.3 Å². The van der Waals surface area contributed by atoms with Gasteiger partial charge < -0.3 is 14.8 Å². The van der Waals surface area contributed by atoms with Gasteiger partial charge in [0, 0.05) is 17.7 Å². The van der Waals surface area contributed by atoms with Gasteiger partial charge in [-0.05, 0) is 23.8 Å². The van der Waals surface area contributed by atoms with E-state index in [1.54, 1.807) is 12.1 Å². The second kappa shape index (κ2) is 4.76. The first-order valence-electron chi connectivity index (χ1n) is 6.09. The van der Waals surface area contributed by atoms with E-state index in [1.165, 1.54) is 0 Å². The standard InChI is InChI=1S/C13H11N3O4/c17-10-6-8-5-7(1-2-9(8)14-10)13-16-15-11(20-13)3-4-12(18)19/h1-2,5H,3-4,6H2,(H,14,17)(H,18,19). The molecule has 0 radical (unpaired) electrons. The molecule has 1 aromatic carbocycles. The maximum Gasteiger partial charge on any atom is 0.303 e. The molecule has 2 aromatic rings. The number of amides is 1. The minimum absolute atomic E-state index is 0.0372. The van der Waals surface area contributed by atoms with Crippen LogP contribution in [0, 0.1) is 0 Å². The predicted octanol–water partition coefficient (Wildman–Crippen LogP) is 1.25. The Kier molecular flexibility index (Phi) is 2.94. The maximum atomic E-state index is 11.3. The summed E-state index contributed by atoms with van der Waals surface area (Å²) in [6.07, 6.45) is 0.487. The van der Waals surface area contributed by atoms with Gasteiger partial charge in [0.05, 0.1) is 12.8 Å². The van der Waals surface area contributed by atoms with Crippen LogP contribution < -0.4 is 5.32 Å². The number of carboxylic acid groups (broad SMARTS) is 1. The lowest BCUT2D eigenvalue weighted by Crippen LogP contribution is -2.03. The van der Waals surface area contributed by atoms with Crippen molar-refractivity contribution in [3.05, 3.63) is 29.7 Å². The van der Waals surface area contributed by atoms with Crippen LogP contribution in [0.5, 0.6) is 0 Å². The van der Waals surface area contributed by atoms with Gasteiger partial charge in [0.1, 0.15) is 0 Å². The molecule has 1 amide bonds. The van der Waals surface area contributed by atoms with Crippen molar-refractivity contribution in [3.63, 3.8) is 0 Å². The fourth-order valence-corrected chi connectivity index (χ4v) is 2.05. The lowest BCUT2D eigenvalue weighted by Gasteiger charge is -1.99. The maximum absolute atomic E-state index is 11.3. The summed E-state index contributed by atoms with van der Waals surface area (Å²) in [4.78, 5) is 21.8. The van der Waals surface area contributed by atoms with E-state index in [2.05, 4.69) is 15.5 Å². The van der Waals surface area contributed by atoms with E-state index in [4.69, 9.17) is 9.52 Å². The fraction of sp³-hybridized carbons (Fsp3) is 0.231. The largest absolute Gasteiger partial charge is 0.481 e. The zero-order chi connectivity index (χ0) is 14.1. The highest BCUT2D eigenvalue weighted by atomic mass is 16.4. The minimum atomic E-state index is -0.910. The number of fused-ring (bicyclic) bond motifs is 1. The number of anilines is 1. The average molecular weight is 273 g/mol. The van der Waals surface area contributed by atoms with E-state index in [0.717, 1.165) is 11.3 Å². The number of hydrogen-bond acceptors (Lipinski definition) is 5. The van der Waals surface area contributed by atoms with Crippen LogP contribution in [0.4, 0.5) is 5.69 Å². The highest BCUT2D eigenvalue weighted by molar-refractivity contribution is 5.99. The first-order chi connectivity index (χ1) is 9.61. The number of benzene rings is 1. The summed E-state index contributed by atoms with van der Waals surface area (Å²) in [5.74, 6) is -0.332. The van der Waals surface area contributed by atoms with Gasteiger partial charge in [0.15, 0.2) is 0 Å². The van der Waals surface area contributed by atoms with Crippen molar-refractivity contribution in [1.82, 2.24) is 10.2 Å². The van der Waals surface area contributed by atoms with Crippen LogP contribution in [0.3, 0.4) is 0 Å². The zero-order valence-corrected chi connectivity index (χ0v) is 10.4. The molecule has 102 valence electrons. The first kappa shape index (κ1) is 12.3. The Hall–Kier alpha value is -2.70. The van der Waals surface area contributed by atoms with Crippen LogP contribution in [0.1, 0.15) is 17.9 Å². The lowest BCUT2D eigenvalue weighted by molar-refractivity contribution is -0.137. The second-order valence-electron chi connectivity index (χ2n) is 4.49. The van der Waals surface area contributed by atoms with Gasteiger partial charge in [0.25, 0.3) is 0 Å². The molecule has 1 aliphatic rings. The quantitative estimate of drug-likeness (QED) is 0.868. The van der Waals surface area contributed by atoms with E-state index in [9.17, 15) is 9.59 Å². The smallest absolute Gasteiger partial charge is 0.303 e. The summed E-state index contributed by atoms with van der Waals surface area (Å²) >= 11 is 0. The fourth-order valence-electron chi connectivity index (χ4n) is 2.05. The van der Waals surface area contributed by atoms with Gasteiger partial charge in [-0.25, -0.2) is 0 Å². The number of carboxylic acids is 1. The monoisotopic (exact) mass is 273 g/mol. The topological polar surface area (TPSA) is 105 Å². The number of hydrogen-bond donors (Lipinski definition) is 2. The Balaban J connectivity index is 1.81. The number of aryl methyl sites for hydroxylation is 1. The van der Waals surface area contributed by atoms with E-state index < -0.39 is 5.97 Å². The summed E-state index contributed by atoms with van der Waals surface area (Å²) < 4.78 is 5.42. The molecule has 3 rings (SSSR count). The second-order valence-corrected chi connectivity index (χ2v) is 4.49. The summed E-state index contributed by atoms with van der Waals surface area (Å²) in [7, 11) is 0. The molecule has 0 bridgehead atoms. The average Bonchev–Trinajstić information content (AvgIpc) is 3.00. The molecule has 0 aliphatic carbocycles. The Bertz CT molecular complexity index is 693. The predicted molar refractivity (Wildman–Crippen MR) is 68.0 cm³/mol. The van der Waals surface area contributed by atoms with Crippen LogP contribution in [0.25, 0.3) is 11.5 Å². The van der Waals surface area contributed by atoms with Crippen molar-refractivity contribution in [3.8, 4) is 11.5 Å². The van der Waals surface area contributed by atoms with E-state index in [1.807, 2.05) is 6.07 Å². The molecule has 0 saturated heterocycles. The Morgan fingerprint density at radius 3 is 3.05 bits per heavy atom. The van der Waals surface area contributed by atoms with Gasteiger partial charge in [-0.3, -0.25) is 9.59 Å². The van der Waals surface area contributed by atoms with Gasteiger partial charge in [-0.1, -0.05) is 0 Å². The molecule has 1 aliphatic heterocycles. The third kappa shape index (κ3) is 2.37. The number of carbonyl (C=O) groups is 2. The zero-order valence-electron chi connectivity index (χ0n) is 10.4.